The van der Waals surface area contributed by atoms with E-state index in [1.165, 1.54) is 16.6 Å². The van der Waals surface area contributed by atoms with Crippen molar-refractivity contribution in [3.05, 3.63) is 58.2 Å². The highest BCUT2D eigenvalue weighted by Gasteiger charge is 2.27. The second-order valence-electron chi connectivity index (χ2n) is 6.69. The standard InChI is InChI=1S/C21H21BrN2O2S/c1-13(27-15-8-6-14(26-2)7-9-15)21(25)24-11-10-19-17(12-24)16-4-3-5-18(22)20(16)23-19/h3-9,13,23H,10-12H2,1-2H3. The molecule has 0 fully saturated rings. The van der Waals surface area contributed by atoms with Crippen LogP contribution in [0.4, 0.5) is 0 Å². The van der Waals surface area contributed by atoms with Gasteiger partial charge in [0.25, 0.3) is 0 Å². The van der Waals surface area contributed by atoms with Crippen molar-refractivity contribution in [3.63, 3.8) is 0 Å². The van der Waals surface area contributed by atoms with Crippen molar-refractivity contribution in [2.45, 2.75) is 30.0 Å². The molecular weight excluding hydrogens is 424 g/mol. The van der Waals surface area contributed by atoms with E-state index in [-0.39, 0.29) is 11.2 Å². The van der Waals surface area contributed by atoms with E-state index in [0.717, 1.165) is 33.6 Å². The molecule has 6 heteroatoms. The van der Waals surface area contributed by atoms with Crippen LogP contribution in [0.2, 0.25) is 0 Å². The van der Waals surface area contributed by atoms with Crippen molar-refractivity contribution in [2.75, 3.05) is 13.7 Å². The van der Waals surface area contributed by atoms with Crippen molar-refractivity contribution in [1.82, 2.24) is 9.88 Å². The zero-order valence-electron chi connectivity index (χ0n) is 15.3. The fourth-order valence-corrected chi connectivity index (χ4v) is 4.97. The fourth-order valence-electron chi connectivity index (χ4n) is 3.56. The quantitative estimate of drug-likeness (QED) is 0.575. The smallest absolute Gasteiger partial charge is 0.236 e. The average Bonchev–Trinajstić information content (AvgIpc) is 3.07. The first-order valence-electron chi connectivity index (χ1n) is 8.94. The van der Waals surface area contributed by atoms with Gasteiger partial charge in [0.15, 0.2) is 0 Å². The Morgan fingerprint density at radius 3 is 2.78 bits per heavy atom. The molecule has 1 amide bonds. The second kappa shape index (κ2) is 7.60. The number of H-pyrrole nitrogens is 1. The lowest BCUT2D eigenvalue weighted by Crippen LogP contribution is -2.40. The van der Waals surface area contributed by atoms with E-state index in [9.17, 15) is 4.79 Å². The Labute approximate surface area is 171 Å². The van der Waals surface area contributed by atoms with Crippen LogP contribution >= 0.6 is 27.7 Å². The highest BCUT2D eigenvalue weighted by molar-refractivity contribution is 9.10. The Morgan fingerprint density at radius 1 is 1.26 bits per heavy atom. The molecule has 0 aliphatic carbocycles. The highest BCUT2D eigenvalue weighted by Crippen LogP contribution is 2.33. The number of aromatic nitrogens is 1. The zero-order chi connectivity index (χ0) is 19.0. The lowest BCUT2D eigenvalue weighted by molar-refractivity contribution is -0.131. The molecular formula is C21H21BrN2O2S. The highest BCUT2D eigenvalue weighted by atomic mass is 79.9. The molecule has 1 N–H and O–H groups in total. The molecule has 1 aliphatic heterocycles. The van der Waals surface area contributed by atoms with Gasteiger partial charge in [0, 0.05) is 45.5 Å². The minimum atomic E-state index is -0.128. The van der Waals surface area contributed by atoms with E-state index < -0.39 is 0 Å². The number of fused-ring (bicyclic) bond motifs is 3. The number of rotatable bonds is 4. The van der Waals surface area contributed by atoms with Gasteiger partial charge in [-0.1, -0.05) is 12.1 Å². The molecule has 2 heterocycles. The predicted molar refractivity (Wildman–Crippen MR) is 113 cm³/mol. The fraction of sp³-hybridized carbons (Fsp3) is 0.286. The SMILES string of the molecule is COc1ccc(SC(C)C(=O)N2CCc3[nH]c4c(Br)cccc4c3C2)cc1. The summed E-state index contributed by atoms with van der Waals surface area (Å²) in [5, 5.41) is 1.07. The van der Waals surface area contributed by atoms with Crippen molar-refractivity contribution in [2.24, 2.45) is 0 Å². The zero-order valence-corrected chi connectivity index (χ0v) is 17.7. The van der Waals surface area contributed by atoms with E-state index in [2.05, 4.69) is 27.0 Å². The van der Waals surface area contributed by atoms with Crippen molar-refractivity contribution in [1.29, 1.82) is 0 Å². The summed E-state index contributed by atoms with van der Waals surface area (Å²) in [5.74, 6) is 1.01. The number of hydrogen-bond donors (Lipinski definition) is 1. The molecule has 3 aromatic rings. The van der Waals surface area contributed by atoms with Crippen LogP contribution in [0.5, 0.6) is 5.75 Å². The van der Waals surface area contributed by atoms with Crippen LogP contribution in [-0.4, -0.2) is 34.7 Å². The number of para-hydroxylation sites is 1. The number of aromatic amines is 1. The number of nitrogens with zero attached hydrogens (tertiary/aromatic N) is 1. The maximum atomic E-state index is 13.0. The summed E-state index contributed by atoms with van der Waals surface area (Å²) >= 11 is 5.21. The third-order valence-corrected chi connectivity index (χ3v) is 6.75. The molecule has 27 heavy (non-hydrogen) atoms. The lowest BCUT2D eigenvalue weighted by atomic mass is 10.0. The molecule has 4 rings (SSSR count). The van der Waals surface area contributed by atoms with Crippen LogP contribution < -0.4 is 4.74 Å². The van der Waals surface area contributed by atoms with Gasteiger partial charge >= 0.3 is 0 Å². The Kier molecular flexibility index (Phi) is 5.19. The summed E-state index contributed by atoms with van der Waals surface area (Å²) in [7, 11) is 1.65. The number of thioether (sulfide) groups is 1. The third kappa shape index (κ3) is 3.60. The summed E-state index contributed by atoms with van der Waals surface area (Å²) in [6.45, 7) is 3.40. The number of halogens is 1. The maximum absolute atomic E-state index is 13.0. The maximum Gasteiger partial charge on any atom is 0.236 e. The minimum absolute atomic E-state index is 0.128. The van der Waals surface area contributed by atoms with Gasteiger partial charge in [0.1, 0.15) is 5.75 Å². The van der Waals surface area contributed by atoms with E-state index in [1.807, 2.05) is 48.2 Å². The topological polar surface area (TPSA) is 45.3 Å². The van der Waals surface area contributed by atoms with Crippen LogP contribution in [-0.2, 0) is 17.8 Å². The third-order valence-electron chi connectivity index (χ3n) is 4.99. The summed E-state index contributed by atoms with van der Waals surface area (Å²) in [4.78, 5) is 19.6. The van der Waals surface area contributed by atoms with Gasteiger partial charge in [0.2, 0.25) is 5.91 Å². The average molecular weight is 445 g/mol. The largest absolute Gasteiger partial charge is 0.497 e. The molecule has 0 saturated heterocycles. The number of benzene rings is 2. The Hall–Kier alpha value is -1.92. The van der Waals surface area contributed by atoms with Crippen LogP contribution in [0.25, 0.3) is 10.9 Å². The molecule has 0 spiro atoms. The predicted octanol–water partition coefficient (Wildman–Crippen LogP) is 5.00. The first-order chi connectivity index (χ1) is 13.1. The normalized spacial score (nSPS) is 14.9. The van der Waals surface area contributed by atoms with E-state index >= 15 is 0 Å². The second-order valence-corrected chi connectivity index (χ2v) is 8.96. The molecule has 1 unspecified atom stereocenters. The molecule has 2 aromatic carbocycles. The molecule has 0 saturated carbocycles. The van der Waals surface area contributed by atoms with Crippen molar-refractivity contribution >= 4 is 44.5 Å². The number of carbonyl (C=O) groups is 1. The molecule has 1 atom stereocenters. The number of carbonyl (C=O) groups excluding carboxylic acids is 1. The Morgan fingerprint density at radius 2 is 2.04 bits per heavy atom. The van der Waals surface area contributed by atoms with E-state index in [0.29, 0.717) is 6.54 Å². The first kappa shape index (κ1) is 18.4. The summed E-state index contributed by atoms with van der Waals surface area (Å²) in [6.07, 6.45) is 0.863. The van der Waals surface area contributed by atoms with E-state index in [4.69, 9.17) is 4.74 Å². The number of ether oxygens (including phenoxy) is 1. The molecule has 1 aliphatic rings. The van der Waals surface area contributed by atoms with Gasteiger partial charge in [-0.25, -0.2) is 0 Å². The van der Waals surface area contributed by atoms with Crippen LogP contribution in [0.1, 0.15) is 18.2 Å². The van der Waals surface area contributed by atoms with Gasteiger partial charge < -0.3 is 14.6 Å². The van der Waals surface area contributed by atoms with Gasteiger partial charge in [-0.15, -0.1) is 11.8 Å². The summed E-state index contributed by atoms with van der Waals surface area (Å²) in [6, 6.07) is 14.1. The summed E-state index contributed by atoms with van der Waals surface area (Å²) in [5.41, 5.74) is 3.61. The van der Waals surface area contributed by atoms with Gasteiger partial charge in [0.05, 0.1) is 17.9 Å². The molecule has 0 radical (unpaired) electrons. The Balaban J connectivity index is 1.50. The van der Waals surface area contributed by atoms with Crippen LogP contribution in [0.3, 0.4) is 0 Å². The van der Waals surface area contributed by atoms with E-state index in [1.54, 1.807) is 18.9 Å². The van der Waals surface area contributed by atoms with Gasteiger partial charge in [-0.2, -0.15) is 0 Å². The van der Waals surface area contributed by atoms with Crippen LogP contribution in [0, 0.1) is 0 Å². The lowest BCUT2D eigenvalue weighted by Gasteiger charge is -2.29. The molecule has 1 aromatic heterocycles. The number of methoxy groups -OCH3 is 1. The molecule has 140 valence electrons. The molecule has 4 nitrogen and oxygen atoms in total. The van der Waals surface area contributed by atoms with Crippen LogP contribution in [0.15, 0.2) is 51.8 Å². The van der Waals surface area contributed by atoms with Crippen molar-refractivity contribution < 1.29 is 9.53 Å². The number of amides is 1. The Bertz CT molecular complexity index is 984. The number of hydrogen-bond acceptors (Lipinski definition) is 3. The van der Waals surface area contributed by atoms with Crippen molar-refractivity contribution in [3.8, 4) is 5.75 Å². The minimum Gasteiger partial charge on any atom is -0.497 e. The first-order valence-corrected chi connectivity index (χ1v) is 10.6. The monoisotopic (exact) mass is 444 g/mol. The summed E-state index contributed by atoms with van der Waals surface area (Å²) < 4.78 is 6.26. The van der Waals surface area contributed by atoms with Gasteiger partial charge in [-0.05, 0) is 53.2 Å². The number of nitrogens with one attached hydrogen (secondary N) is 1. The van der Waals surface area contributed by atoms with Gasteiger partial charge in [-0.3, -0.25) is 4.79 Å². The molecule has 0 bridgehead atoms.